The van der Waals surface area contributed by atoms with Gasteiger partial charge in [0.2, 0.25) is 5.91 Å². The Balaban J connectivity index is 2.13. The molecule has 0 saturated carbocycles. The summed E-state index contributed by atoms with van der Waals surface area (Å²) in [6.45, 7) is 2.11. The molecule has 1 aliphatic heterocycles. The number of hydrogen-bond donors (Lipinski definition) is 2. The van der Waals surface area contributed by atoms with Crippen LogP contribution in [-0.2, 0) is 16.0 Å². The van der Waals surface area contributed by atoms with Gasteiger partial charge in [0.15, 0.2) is 0 Å². The Labute approximate surface area is 111 Å². The van der Waals surface area contributed by atoms with E-state index >= 15 is 0 Å². The van der Waals surface area contributed by atoms with Crippen LogP contribution in [0.4, 0.5) is 5.69 Å². The second-order valence-electron chi connectivity index (χ2n) is 4.78. The lowest BCUT2D eigenvalue weighted by Gasteiger charge is -2.17. The summed E-state index contributed by atoms with van der Waals surface area (Å²) in [6, 6.07) is 5.46. The minimum atomic E-state index is -0.851. The van der Waals surface area contributed by atoms with E-state index in [0.717, 1.165) is 16.8 Å². The summed E-state index contributed by atoms with van der Waals surface area (Å²) in [5.41, 5.74) is 2.53. The molecule has 2 rings (SSSR count). The second kappa shape index (κ2) is 5.40. The van der Waals surface area contributed by atoms with Crippen molar-refractivity contribution in [1.29, 1.82) is 0 Å². The van der Waals surface area contributed by atoms with Gasteiger partial charge in [-0.05, 0) is 30.5 Å². The number of nitrogens with zero attached hydrogens (tertiary/aromatic N) is 1. The standard InChI is InChI=1S/C14H17NO4/c1-9(16)10-4-5-12-11(7-10)8-13(17)15(12)6-2-3-14(18)19/h4-5,7,9,16H,2-3,6,8H2,1H3,(H,18,19). The van der Waals surface area contributed by atoms with Gasteiger partial charge in [0.05, 0.1) is 12.5 Å². The maximum Gasteiger partial charge on any atom is 0.303 e. The van der Waals surface area contributed by atoms with Crippen LogP contribution in [0.25, 0.3) is 0 Å². The fraction of sp³-hybridized carbons (Fsp3) is 0.429. The number of carbonyl (C=O) groups is 2. The van der Waals surface area contributed by atoms with E-state index in [1.807, 2.05) is 12.1 Å². The summed E-state index contributed by atoms with van der Waals surface area (Å²) in [4.78, 5) is 24.0. The van der Waals surface area contributed by atoms with Crippen LogP contribution < -0.4 is 4.90 Å². The molecule has 1 atom stereocenters. The fourth-order valence-corrected chi connectivity index (χ4v) is 2.30. The zero-order valence-electron chi connectivity index (χ0n) is 10.8. The van der Waals surface area contributed by atoms with Crippen molar-refractivity contribution in [3.05, 3.63) is 29.3 Å². The number of carboxylic acids is 1. The maximum absolute atomic E-state index is 11.9. The SMILES string of the molecule is CC(O)c1ccc2c(c1)CC(=O)N2CCCC(=O)O. The number of aliphatic hydroxyl groups excluding tert-OH is 1. The lowest BCUT2D eigenvalue weighted by Crippen LogP contribution is -2.28. The molecule has 2 N–H and O–H groups in total. The lowest BCUT2D eigenvalue weighted by atomic mass is 10.1. The van der Waals surface area contributed by atoms with Crippen molar-refractivity contribution >= 4 is 17.6 Å². The van der Waals surface area contributed by atoms with Gasteiger partial charge in [-0.15, -0.1) is 0 Å². The van der Waals surface area contributed by atoms with Gasteiger partial charge in [-0.1, -0.05) is 12.1 Å². The van der Waals surface area contributed by atoms with Crippen LogP contribution in [0.1, 0.15) is 37.0 Å². The third-order valence-electron chi connectivity index (χ3n) is 3.29. The number of amides is 1. The minimum absolute atomic E-state index is 0.0110. The number of fused-ring (bicyclic) bond motifs is 1. The molecule has 19 heavy (non-hydrogen) atoms. The van der Waals surface area contributed by atoms with E-state index in [1.54, 1.807) is 17.9 Å². The van der Waals surface area contributed by atoms with Crippen molar-refractivity contribution in [3.8, 4) is 0 Å². The van der Waals surface area contributed by atoms with Crippen LogP contribution in [0.2, 0.25) is 0 Å². The van der Waals surface area contributed by atoms with Crippen molar-refractivity contribution in [1.82, 2.24) is 0 Å². The molecule has 1 aromatic rings. The predicted octanol–water partition coefficient (Wildman–Crippen LogP) is 1.49. The van der Waals surface area contributed by atoms with Gasteiger partial charge in [-0.2, -0.15) is 0 Å². The van der Waals surface area contributed by atoms with Crippen molar-refractivity contribution < 1.29 is 19.8 Å². The van der Waals surface area contributed by atoms with Crippen molar-refractivity contribution in [3.63, 3.8) is 0 Å². The average molecular weight is 263 g/mol. The van der Waals surface area contributed by atoms with Crippen LogP contribution in [-0.4, -0.2) is 28.6 Å². The Kier molecular flexibility index (Phi) is 3.85. The van der Waals surface area contributed by atoms with E-state index in [9.17, 15) is 14.7 Å². The minimum Gasteiger partial charge on any atom is -0.481 e. The van der Waals surface area contributed by atoms with Crippen LogP contribution in [0.3, 0.4) is 0 Å². The van der Waals surface area contributed by atoms with E-state index in [4.69, 9.17) is 5.11 Å². The number of aliphatic hydroxyl groups is 1. The Morgan fingerprint density at radius 1 is 1.47 bits per heavy atom. The third-order valence-corrected chi connectivity index (χ3v) is 3.29. The molecule has 0 saturated heterocycles. The highest BCUT2D eigenvalue weighted by Gasteiger charge is 2.27. The van der Waals surface area contributed by atoms with E-state index in [2.05, 4.69) is 0 Å². The molecule has 0 spiro atoms. The zero-order chi connectivity index (χ0) is 14.0. The summed E-state index contributed by atoms with van der Waals surface area (Å²) in [6.07, 6.45) is 0.272. The van der Waals surface area contributed by atoms with Gasteiger partial charge in [0, 0.05) is 18.7 Å². The van der Waals surface area contributed by atoms with Crippen LogP contribution in [0.15, 0.2) is 18.2 Å². The molecular weight excluding hydrogens is 246 g/mol. The topological polar surface area (TPSA) is 77.8 Å². The van der Waals surface area contributed by atoms with Gasteiger partial charge < -0.3 is 15.1 Å². The molecule has 102 valence electrons. The van der Waals surface area contributed by atoms with E-state index < -0.39 is 12.1 Å². The Hall–Kier alpha value is -1.88. The largest absolute Gasteiger partial charge is 0.481 e. The molecule has 1 aliphatic rings. The summed E-state index contributed by atoms with van der Waals surface area (Å²) >= 11 is 0. The number of aliphatic carboxylic acids is 1. The highest BCUT2D eigenvalue weighted by atomic mass is 16.4. The monoisotopic (exact) mass is 263 g/mol. The summed E-state index contributed by atoms with van der Waals surface area (Å²) in [7, 11) is 0. The lowest BCUT2D eigenvalue weighted by molar-refractivity contribution is -0.137. The Morgan fingerprint density at radius 3 is 2.84 bits per heavy atom. The molecule has 1 unspecified atom stereocenters. The molecule has 1 amide bonds. The van der Waals surface area contributed by atoms with Crippen LogP contribution >= 0.6 is 0 Å². The molecule has 1 heterocycles. The van der Waals surface area contributed by atoms with Gasteiger partial charge in [-0.25, -0.2) is 0 Å². The molecule has 0 fully saturated rings. The summed E-state index contributed by atoms with van der Waals surface area (Å²) in [5, 5.41) is 18.1. The first-order valence-electron chi connectivity index (χ1n) is 6.32. The van der Waals surface area contributed by atoms with E-state index in [0.29, 0.717) is 19.4 Å². The quantitative estimate of drug-likeness (QED) is 0.843. The van der Waals surface area contributed by atoms with E-state index in [1.165, 1.54) is 0 Å². The molecule has 5 heteroatoms. The number of rotatable bonds is 5. The molecule has 0 aromatic heterocycles. The molecule has 0 bridgehead atoms. The molecule has 0 radical (unpaired) electrons. The van der Waals surface area contributed by atoms with Gasteiger partial charge >= 0.3 is 5.97 Å². The maximum atomic E-state index is 11.9. The highest BCUT2D eigenvalue weighted by Crippen LogP contribution is 2.31. The Morgan fingerprint density at radius 2 is 2.21 bits per heavy atom. The fourth-order valence-electron chi connectivity index (χ4n) is 2.30. The number of hydrogen-bond acceptors (Lipinski definition) is 3. The molecule has 0 aliphatic carbocycles. The van der Waals surface area contributed by atoms with Crippen molar-refractivity contribution in [2.24, 2.45) is 0 Å². The van der Waals surface area contributed by atoms with E-state index in [-0.39, 0.29) is 12.3 Å². The second-order valence-corrected chi connectivity index (χ2v) is 4.78. The third kappa shape index (κ3) is 2.93. The highest BCUT2D eigenvalue weighted by molar-refractivity contribution is 6.01. The van der Waals surface area contributed by atoms with Crippen molar-refractivity contribution in [2.45, 2.75) is 32.3 Å². The van der Waals surface area contributed by atoms with Crippen LogP contribution in [0.5, 0.6) is 0 Å². The number of carboxylic acid groups (broad SMARTS) is 1. The number of anilines is 1. The molecular formula is C14H17NO4. The first kappa shape index (κ1) is 13.5. The number of benzene rings is 1. The number of carbonyl (C=O) groups excluding carboxylic acids is 1. The Bertz CT molecular complexity index is 510. The first-order valence-corrected chi connectivity index (χ1v) is 6.32. The summed E-state index contributed by atoms with van der Waals surface area (Å²) in [5.74, 6) is -0.862. The van der Waals surface area contributed by atoms with Gasteiger partial charge in [0.25, 0.3) is 0 Å². The van der Waals surface area contributed by atoms with Crippen molar-refractivity contribution in [2.75, 3.05) is 11.4 Å². The molecule has 5 nitrogen and oxygen atoms in total. The average Bonchev–Trinajstić information content (AvgIpc) is 2.64. The summed E-state index contributed by atoms with van der Waals surface area (Å²) < 4.78 is 0. The zero-order valence-corrected chi connectivity index (χ0v) is 10.8. The first-order chi connectivity index (χ1) is 8.99. The normalized spacial score (nSPS) is 15.5. The van der Waals surface area contributed by atoms with Gasteiger partial charge in [0.1, 0.15) is 0 Å². The predicted molar refractivity (Wildman–Crippen MR) is 70.0 cm³/mol. The smallest absolute Gasteiger partial charge is 0.303 e. The molecule has 1 aromatic carbocycles. The van der Waals surface area contributed by atoms with Gasteiger partial charge in [-0.3, -0.25) is 9.59 Å². The van der Waals surface area contributed by atoms with Crippen LogP contribution in [0, 0.1) is 0 Å².